The maximum absolute atomic E-state index is 13.0. The zero-order valence-electron chi connectivity index (χ0n) is 17.9. The number of hydrogen-bond donors (Lipinski definition) is 2. The summed E-state index contributed by atoms with van der Waals surface area (Å²) in [5.41, 5.74) is 1.68. The summed E-state index contributed by atoms with van der Waals surface area (Å²) < 4.78 is 15.9. The highest BCUT2D eigenvalue weighted by Crippen LogP contribution is 2.38. The number of amides is 3. The van der Waals surface area contributed by atoms with Crippen LogP contribution in [0.25, 0.3) is 11.0 Å². The van der Waals surface area contributed by atoms with Crippen LogP contribution in [-0.2, 0) is 17.6 Å². The van der Waals surface area contributed by atoms with Crippen molar-refractivity contribution in [1.82, 2.24) is 5.32 Å². The van der Waals surface area contributed by atoms with Crippen LogP contribution in [0.15, 0.2) is 28.7 Å². The van der Waals surface area contributed by atoms with Gasteiger partial charge in [-0.15, -0.1) is 11.3 Å². The summed E-state index contributed by atoms with van der Waals surface area (Å²) in [6.45, 7) is 1.81. The average Bonchev–Trinajstić information content (AvgIpc) is 3.28. The standard InChI is InChI=1S/C23H24N2O6S/c1-3-30-23(28)25-21(27)18-14-9-5-4-6-11-17(14)32-22(18)24-20(26)16-12-13-8-7-10-15(29-2)19(13)31-16/h7-8,10,12H,3-6,9,11H2,1-2H3,(H,24,26)(H,25,27,28). The highest BCUT2D eigenvalue weighted by molar-refractivity contribution is 7.17. The maximum Gasteiger partial charge on any atom is 0.414 e. The minimum atomic E-state index is -0.812. The molecule has 0 aliphatic heterocycles. The van der Waals surface area contributed by atoms with Gasteiger partial charge in [-0.2, -0.15) is 0 Å². The third-order valence-electron chi connectivity index (χ3n) is 5.32. The lowest BCUT2D eigenvalue weighted by Gasteiger charge is -2.09. The van der Waals surface area contributed by atoms with Crippen molar-refractivity contribution < 1.29 is 28.3 Å². The van der Waals surface area contributed by atoms with Gasteiger partial charge < -0.3 is 19.2 Å². The first-order valence-electron chi connectivity index (χ1n) is 10.5. The highest BCUT2D eigenvalue weighted by Gasteiger charge is 2.28. The molecule has 0 unspecified atom stereocenters. The van der Waals surface area contributed by atoms with Gasteiger partial charge in [-0.05, 0) is 50.3 Å². The highest BCUT2D eigenvalue weighted by atomic mass is 32.1. The monoisotopic (exact) mass is 456 g/mol. The third-order valence-corrected chi connectivity index (χ3v) is 6.53. The number of carbonyl (C=O) groups excluding carboxylic acids is 3. The number of rotatable bonds is 5. The van der Waals surface area contributed by atoms with Crippen molar-refractivity contribution in [3.63, 3.8) is 0 Å². The zero-order valence-corrected chi connectivity index (χ0v) is 18.7. The molecule has 2 heterocycles. The summed E-state index contributed by atoms with van der Waals surface area (Å²) in [4.78, 5) is 38.8. The van der Waals surface area contributed by atoms with Crippen LogP contribution in [0.5, 0.6) is 5.75 Å². The van der Waals surface area contributed by atoms with Crippen LogP contribution in [0.4, 0.5) is 9.80 Å². The van der Waals surface area contributed by atoms with E-state index in [1.807, 2.05) is 12.1 Å². The molecule has 0 saturated heterocycles. The summed E-state index contributed by atoms with van der Waals surface area (Å²) in [6, 6.07) is 7.02. The molecule has 8 nitrogen and oxygen atoms in total. The number of imide groups is 1. The molecule has 1 aromatic carbocycles. The van der Waals surface area contributed by atoms with E-state index in [1.54, 1.807) is 19.1 Å². The summed E-state index contributed by atoms with van der Waals surface area (Å²) in [6.07, 6.45) is 3.77. The molecule has 0 spiro atoms. The molecular formula is C23H24N2O6S. The van der Waals surface area contributed by atoms with Crippen LogP contribution in [0.1, 0.15) is 57.5 Å². The van der Waals surface area contributed by atoms with E-state index in [2.05, 4.69) is 10.6 Å². The number of hydrogen-bond acceptors (Lipinski definition) is 7. The Morgan fingerprint density at radius 3 is 2.72 bits per heavy atom. The molecule has 1 aliphatic rings. The molecule has 0 radical (unpaired) electrons. The quantitative estimate of drug-likeness (QED) is 0.528. The molecule has 3 amide bonds. The fraction of sp³-hybridized carbons (Fsp3) is 0.348. The fourth-order valence-corrected chi connectivity index (χ4v) is 5.15. The Labute approximate surface area is 188 Å². The van der Waals surface area contributed by atoms with Gasteiger partial charge in [0.25, 0.3) is 11.8 Å². The van der Waals surface area contributed by atoms with Crippen LogP contribution in [0.2, 0.25) is 0 Å². The second kappa shape index (κ2) is 9.44. The van der Waals surface area contributed by atoms with Gasteiger partial charge in [-0.1, -0.05) is 18.6 Å². The van der Waals surface area contributed by atoms with Crippen molar-refractivity contribution >= 4 is 45.2 Å². The van der Waals surface area contributed by atoms with Crippen LogP contribution >= 0.6 is 11.3 Å². The Hall–Kier alpha value is -3.33. The molecule has 2 aromatic heterocycles. The van der Waals surface area contributed by atoms with Gasteiger partial charge in [0.05, 0.1) is 19.3 Å². The second-order valence-electron chi connectivity index (χ2n) is 7.39. The molecule has 0 fully saturated rings. The van der Waals surface area contributed by atoms with Crippen LogP contribution in [0.3, 0.4) is 0 Å². The molecule has 4 rings (SSSR count). The minimum absolute atomic E-state index is 0.102. The summed E-state index contributed by atoms with van der Waals surface area (Å²) in [5.74, 6) is -0.432. The number of carbonyl (C=O) groups is 3. The molecule has 1 aliphatic carbocycles. The number of para-hydroxylation sites is 1. The van der Waals surface area contributed by atoms with E-state index in [0.29, 0.717) is 21.9 Å². The minimum Gasteiger partial charge on any atom is -0.493 e. The maximum atomic E-state index is 13.0. The molecule has 0 bridgehead atoms. The van der Waals surface area contributed by atoms with Crippen molar-refractivity contribution in [2.75, 3.05) is 19.0 Å². The van der Waals surface area contributed by atoms with Crippen LogP contribution in [-0.4, -0.2) is 31.6 Å². The van der Waals surface area contributed by atoms with E-state index in [4.69, 9.17) is 13.9 Å². The SMILES string of the molecule is CCOC(=O)NC(=O)c1c(NC(=O)c2cc3cccc(OC)c3o2)sc2c1CCCCC2. The van der Waals surface area contributed by atoms with Crippen molar-refractivity contribution in [2.24, 2.45) is 0 Å². The van der Waals surface area contributed by atoms with Crippen molar-refractivity contribution in [3.05, 3.63) is 46.0 Å². The first-order chi connectivity index (χ1) is 15.5. The van der Waals surface area contributed by atoms with Crippen molar-refractivity contribution in [2.45, 2.75) is 39.0 Å². The number of aryl methyl sites for hydroxylation is 1. The summed E-state index contributed by atoms with van der Waals surface area (Å²) in [5, 5.41) is 6.21. The number of ether oxygens (including phenoxy) is 2. The Morgan fingerprint density at radius 2 is 1.94 bits per heavy atom. The number of fused-ring (bicyclic) bond motifs is 2. The number of nitrogens with one attached hydrogen (secondary N) is 2. The molecule has 3 aromatic rings. The fourth-order valence-electron chi connectivity index (χ4n) is 3.87. The predicted molar refractivity (Wildman–Crippen MR) is 121 cm³/mol. The van der Waals surface area contributed by atoms with Gasteiger partial charge >= 0.3 is 6.09 Å². The van der Waals surface area contributed by atoms with E-state index < -0.39 is 17.9 Å². The molecule has 32 heavy (non-hydrogen) atoms. The van der Waals surface area contributed by atoms with Gasteiger partial charge in [0.1, 0.15) is 5.00 Å². The lowest BCUT2D eigenvalue weighted by molar-refractivity contribution is 0.0925. The molecule has 0 saturated carbocycles. The average molecular weight is 457 g/mol. The Morgan fingerprint density at radius 1 is 1.12 bits per heavy atom. The largest absolute Gasteiger partial charge is 0.493 e. The van der Waals surface area contributed by atoms with Crippen LogP contribution in [0, 0.1) is 0 Å². The first kappa shape index (κ1) is 21.9. The first-order valence-corrected chi connectivity index (χ1v) is 11.3. The topological polar surface area (TPSA) is 107 Å². The molecular weight excluding hydrogens is 432 g/mol. The van der Waals surface area contributed by atoms with Gasteiger partial charge in [0.15, 0.2) is 17.1 Å². The predicted octanol–water partition coefficient (Wildman–Crippen LogP) is 4.91. The zero-order chi connectivity index (χ0) is 22.7. The van der Waals surface area contributed by atoms with E-state index in [0.717, 1.165) is 47.9 Å². The summed E-state index contributed by atoms with van der Waals surface area (Å²) >= 11 is 1.37. The molecule has 2 N–H and O–H groups in total. The number of methoxy groups -OCH3 is 1. The number of furan rings is 1. The van der Waals surface area contributed by atoms with Crippen molar-refractivity contribution in [1.29, 1.82) is 0 Å². The van der Waals surface area contributed by atoms with Gasteiger partial charge in [0, 0.05) is 10.3 Å². The Kier molecular flexibility index (Phi) is 6.45. The Bertz CT molecular complexity index is 1180. The van der Waals surface area contributed by atoms with Gasteiger partial charge in [-0.3, -0.25) is 14.9 Å². The van der Waals surface area contributed by atoms with E-state index in [1.165, 1.54) is 18.4 Å². The number of thiophene rings is 1. The van der Waals surface area contributed by atoms with Crippen molar-refractivity contribution in [3.8, 4) is 5.75 Å². The molecule has 168 valence electrons. The van der Waals surface area contributed by atoms with E-state index in [9.17, 15) is 14.4 Å². The third kappa shape index (κ3) is 4.34. The Balaban J connectivity index is 1.66. The number of anilines is 1. The van der Waals surface area contributed by atoms with Gasteiger partial charge in [-0.25, -0.2) is 4.79 Å². The number of alkyl carbamates (subject to hydrolysis) is 1. The lowest BCUT2D eigenvalue weighted by Crippen LogP contribution is -2.32. The summed E-state index contributed by atoms with van der Waals surface area (Å²) in [7, 11) is 1.53. The number of benzene rings is 1. The smallest absolute Gasteiger partial charge is 0.414 e. The normalized spacial score (nSPS) is 13.2. The molecule has 0 atom stereocenters. The van der Waals surface area contributed by atoms with Gasteiger partial charge in [0.2, 0.25) is 0 Å². The van der Waals surface area contributed by atoms with E-state index in [-0.39, 0.29) is 12.4 Å². The molecule has 9 heteroatoms. The van der Waals surface area contributed by atoms with E-state index >= 15 is 0 Å². The second-order valence-corrected chi connectivity index (χ2v) is 8.49. The lowest BCUT2D eigenvalue weighted by atomic mass is 10.0. The van der Waals surface area contributed by atoms with Crippen LogP contribution < -0.4 is 15.4 Å².